The molecule has 214 valence electrons. The van der Waals surface area contributed by atoms with Gasteiger partial charge in [-0.25, -0.2) is 18.3 Å². The first kappa shape index (κ1) is 29.6. The van der Waals surface area contributed by atoms with Crippen LogP contribution < -0.4 is 10.3 Å². The maximum absolute atomic E-state index is 14.6. The lowest BCUT2D eigenvalue weighted by Gasteiger charge is -2.20. The maximum Gasteiger partial charge on any atom is 0.305 e. The van der Waals surface area contributed by atoms with Crippen LogP contribution in [0.5, 0.6) is 5.75 Å². The van der Waals surface area contributed by atoms with Crippen molar-refractivity contribution in [1.29, 1.82) is 0 Å². The van der Waals surface area contributed by atoms with Crippen LogP contribution in [0.1, 0.15) is 60.1 Å². The number of halogens is 3. The van der Waals surface area contributed by atoms with E-state index in [4.69, 9.17) is 9.47 Å². The zero-order valence-corrected chi connectivity index (χ0v) is 22.7. The van der Waals surface area contributed by atoms with Gasteiger partial charge in [-0.1, -0.05) is 24.3 Å². The predicted molar refractivity (Wildman–Crippen MR) is 148 cm³/mol. The van der Waals surface area contributed by atoms with Crippen molar-refractivity contribution in [1.82, 2.24) is 10.2 Å². The van der Waals surface area contributed by atoms with E-state index in [2.05, 4.69) is 10.2 Å². The third-order valence-corrected chi connectivity index (χ3v) is 6.61. The van der Waals surface area contributed by atoms with Crippen LogP contribution in [0.25, 0.3) is 0 Å². The highest BCUT2D eigenvalue weighted by Gasteiger charge is 2.22. The highest BCUT2D eigenvalue weighted by Crippen LogP contribution is 2.33. The molecule has 0 spiro atoms. The molecule has 1 N–H and O–H groups in total. The van der Waals surface area contributed by atoms with Gasteiger partial charge in [0.05, 0.1) is 24.8 Å². The molecule has 0 radical (unpaired) electrons. The van der Waals surface area contributed by atoms with E-state index in [1.54, 1.807) is 37.3 Å². The number of ether oxygens (including phenoxy) is 2. The van der Waals surface area contributed by atoms with Crippen LogP contribution in [0.3, 0.4) is 0 Å². The Hall–Kier alpha value is -4.40. The van der Waals surface area contributed by atoms with Crippen molar-refractivity contribution in [3.8, 4) is 5.75 Å². The molecule has 0 bridgehead atoms. The van der Waals surface area contributed by atoms with E-state index in [-0.39, 0.29) is 23.8 Å². The molecule has 4 aromatic rings. The number of hydrogen-bond acceptors (Lipinski definition) is 5. The molecule has 0 aliphatic heterocycles. The molecule has 9 heteroatoms. The van der Waals surface area contributed by atoms with Gasteiger partial charge in [0.15, 0.2) is 0 Å². The summed E-state index contributed by atoms with van der Waals surface area (Å²) in [6.07, 6.45) is 2.00. The summed E-state index contributed by atoms with van der Waals surface area (Å²) in [5, 5.41) is 6.83. The van der Waals surface area contributed by atoms with Gasteiger partial charge < -0.3 is 9.47 Å². The number of nitrogens with one attached hydrogen (secondary N) is 1. The molecule has 1 aromatic heterocycles. The zero-order chi connectivity index (χ0) is 29.2. The van der Waals surface area contributed by atoms with Crippen LogP contribution in [0.15, 0.2) is 77.6 Å². The summed E-state index contributed by atoms with van der Waals surface area (Å²) in [6.45, 7) is 2.37. The molecular formula is C32H31F3N2O4. The Kier molecular flexibility index (Phi) is 10.3. The molecule has 41 heavy (non-hydrogen) atoms. The van der Waals surface area contributed by atoms with Gasteiger partial charge in [-0.3, -0.25) is 9.59 Å². The Morgan fingerprint density at radius 1 is 0.854 bits per heavy atom. The lowest BCUT2D eigenvalue weighted by molar-refractivity contribution is -0.143. The fourth-order valence-corrected chi connectivity index (χ4v) is 4.66. The SMILES string of the molecule is CCOC(=O)CCCOc1ccc(F)c(CCCc2cc(=O)[nH]nc2C(c2ccc(F)cc2)c2ccc(F)cc2)c1. The van der Waals surface area contributed by atoms with E-state index >= 15 is 0 Å². The second kappa shape index (κ2) is 14.3. The number of rotatable bonds is 13. The Bertz CT molecular complexity index is 1460. The van der Waals surface area contributed by atoms with E-state index in [0.29, 0.717) is 61.5 Å². The summed E-state index contributed by atoms with van der Waals surface area (Å²) in [7, 11) is 0. The number of carbonyl (C=O) groups is 1. The molecule has 0 saturated heterocycles. The monoisotopic (exact) mass is 564 g/mol. The van der Waals surface area contributed by atoms with Gasteiger partial charge in [0.2, 0.25) is 0 Å². The van der Waals surface area contributed by atoms with Crippen molar-refractivity contribution < 1.29 is 27.4 Å². The molecule has 0 fully saturated rings. The van der Waals surface area contributed by atoms with E-state index in [0.717, 1.165) is 11.1 Å². The summed E-state index contributed by atoms with van der Waals surface area (Å²) in [5.74, 6) is -1.45. The van der Waals surface area contributed by atoms with Gasteiger partial charge in [-0.15, -0.1) is 0 Å². The van der Waals surface area contributed by atoms with Gasteiger partial charge in [-0.05, 0) is 97.3 Å². The average Bonchev–Trinajstić information content (AvgIpc) is 2.96. The smallest absolute Gasteiger partial charge is 0.305 e. The van der Waals surface area contributed by atoms with Gasteiger partial charge in [-0.2, -0.15) is 5.10 Å². The number of esters is 1. The standard InChI is InChI=1S/C32H31F3N2O4/c1-2-40-30(39)7-4-18-41-27-16-17-28(35)23(19-27)5-3-6-24-20-29(38)36-37-32(24)31(21-8-12-25(33)13-9-21)22-10-14-26(34)15-11-22/h8-17,19-20,31H,2-7,18H2,1H3,(H,36,38). The molecule has 4 rings (SSSR count). The number of benzene rings is 3. The van der Waals surface area contributed by atoms with E-state index in [9.17, 15) is 22.8 Å². The van der Waals surface area contributed by atoms with Crippen molar-refractivity contribution in [3.05, 3.63) is 129 Å². The molecule has 6 nitrogen and oxygen atoms in total. The molecule has 0 atom stereocenters. The van der Waals surface area contributed by atoms with Crippen LogP contribution in [-0.2, 0) is 22.4 Å². The summed E-state index contributed by atoms with van der Waals surface area (Å²) in [5.41, 5.74) is 2.71. The summed E-state index contributed by atoms with van der Waals surface area (Å²) >= 11 is 0. The first-order valence-corrected chi connectivity index (χ1v) is 13.5. The molecule has 3 aromatic carbocycles. The minimum atomic E-state index is -0.494. The summed E-state index contributed by atoms with van der Waals surface area (Å²) < 4.78 is 52.6. The molecule has 0 unspecified atom stereocenters. The number of nitrogens with zero attached hydrogens (tertiary/aromatic N) is 1. The second-order valence-electron chi connectivity index (χ2n) is 9.54. The van der Waals surface area contributed by atoms with Crippen molar-refractivity contribution in [2.24, 2.45) is 0 Å². The Morgan fingerprint density at radius 2 is 1.49 bits per heavy atom. The van der Waals surface area contributed by atoms with Gasteiger partial charge >= 0.3 is 5.97 Å². The first-order valence-electron chi connectivity index (χ1n) is 13.5. The van der Waals surface area contributed by atoms with Crippen molar-refractivity contribution in [2.75, 3.05) is 13.2 Å². The Morgan fingerprint density at radius 3 is 2.12 bits per heavy atom. The highest BCUT2D eigenvalue weighted by molar-refractivity contribution is 5.69. The third-order valence-electron chi connectivity index (χ3n) is 6.61. The molecule has 1 heterocycles. The Labute approximate surface area is 236 Å². The topological polar surface area (TPSA) is 81.3 Å². The van der Waals surface area contributed by atoms with Crippen molar-refractivity contribution >= 4 is 5.97 Å². The lowest BCUT2D eigenvalue weighted by atomic mass is 9.85. The van der Waals surface area contributed by atoms with Crippen LogP contribution >= 0.6 is 0 Å². The maximum atomic E-state index is 14.6. The molecule has 0 aliphatic rings. The molecule has 0 saturated carbocycles. The summed E-state index contributed by atoms with van der Waals surface area (Å²) in [6, 6.07) is 17.9. The number of H-pyrrole nitrogens is 1. The number of aromatic nitrogens is 2. The van der Waals surface area contributed by atoms with Crippen molar-refractivity contribution in [3.63, 3.8) is 0 Å². The van der Waals surface area contributed by atoms with E-state index < -0.39 is 17.6 Å². The van der Waals surface area contributed by atoms with Crippen LogP contribution in [0.2, 0.25) is 0 Å². The number of carbonyl (C=O) groups excluding carboxylic acids is 1. The first-order chi connectivity index (χ1) is 19.8. The molecule has 0 amide bonds. The average molecular weight is 565 g/mol. The van der Waals surface area contributed by atoms with Gasteiger partial charge in [0.25, 0.3) is 5.56 Å². The van der Waals surface area contributed by atoms with E-state index in [1.165, 1.54) is 42.5 Å². The fourth-order valence-electron chi connectivity index (χ4n) is 4.66. The highest BCUT2D eigenvalue weighted by atomic mass is 19.1. The minimum Gasteiger partial charge on any atom is -0.494 e. The van der Waals surface area contributed by atoms with Gasteiger partial charge in [0.1, 0.15) is 23.2 Å². The largest absolute Gasteiger partial charge is 0.494 e. The van der Waals surface area contributed by atoms with Crippen molar-refractivity contribution in [2.45, 2.75) is 44.9 Å². The normalized spacial score (nSPS) is 11.0. The Balaban J connectivity index is 1.50. The zero-order valence-electron chi connectivity index (χ0n) is 22.7. The molecule has 0 aliphatic carbocycles. The quantitative estimate of drug-likeness (QED) is 0.153. The second-order valence-corrected chi connectivity index (χ2v) is 9.54. The third kappa shape index (κ3) is 8.30. The predicted octanol–water partition coefficient (Wildman–Crippen LogP) is 6.26. The lowest BCUT2D eigenvalue weighted by Crippen LogP contribution is -2.17. The number of aromatic amines is 1. The fraction of sp³-hybridized carbons (Fsp3) is 0.281. The van der Waals surface area contributed by atoms with Gasteiger partial charge in [0, 0.05) is 12.5 Å². The number of hydrogen-bond donors (Lipinski definition) is 1. The van der Waals surface area contributed by atoms with Crippen LogP contribution in [-0.4, -0.2) is 29.4 Å². The molecular weight excluding hydrogens is 533 g/mol. The van der Waals surface area contributed by atoms with E-state index in [1.807, 2.05) is 0 Å². The number of aryl methyl sites for hydroxylation is 2. The minimum absolute atomic E-state index is 0.241. The van der Waals surface area contributed by atoms with Crippen LogP contribution in [0.4, 0.5) is 13.2 Å². The van der Waals surface area contributed by atoms with Crippen LogP contribution in [0, 0.1) is 17.5 Å². The summed E-state index contributed by atoms with van der Waals surface area (Å²) in [4.78, 5) is 23.7.